The number of anilines is 1. The Bertz CT molecular complexity index is 1200. The molecule has 0 saturated carbocycles. The lowest BCUT2D eigenvalue weighted by Crippen LogP contribution is -2.44. The molecule has 4 heterocycles. The molecular formula is C24H23FN6. The maximum absolute atomic E-state index is 14.2. The molecule has 1 atom stereocenters. The van der Waals surface area contributed by atoms with E-state index in [-0.39, 0.29) is 11.5 Å². The predicted octanol–water partition coefficient (Wildman–Crippen LogP) is 3.20. The van der Waals surface area contributed by atoms with Crippen LogP contribution in [0.2, 0.25) is 0 Å². The van der Waals surface area contributed by atoms with Gasteiger partial charge in [-0.25, -0.2) is 14.4 Å². The van der Waals surface area contributed by atoms with Gasteiger partial charge in [-0.3, -0.25) is 9.98 Å². The summed E-state index contributed by atoms with van der Waals surface area (Å²) < 4.78 is 14.2. The zero-order valence-electron chi connectivity index (χ0n) is 17.1. The normalized spacial score (nSPS) is 21.2. The van der Waals surface area contributed by atoms with Crippen molar-refractivity contribution in [2.24, 2.45) is 16.1 Å². The van der Waals surface area contributed by atoms with Gasteiger partial charge in [-0.1, -0.05) is 24.3 Å². The molecule has 0 bridgehead atoms. The molecular weight excluding hydrogens is 391 g/mol. The molecule has 6 nitrogen and oxygen atoms in total. The summed E-state index contributed by atoms with van der Waals surface area (Å²) in [6.45, 7) is 2.23. The van der Waals surface area contributed by atoms with Crippen molar-refractivity contribution in [2.75, 3.05) is 18.0 Å². The largest absolute Gasteiger partial charge is 0.355 e. The second-order valence-electron chi connectivity index (χ2n) is 8.75. The van der Waals surface area contributed by atoms with Crippen molar-refractivity contribution in [1.82, 2.24) is 15.0 Å². The smallest absolute Gasteiger partial charge is 0.150 e. The molecule has 1 aliphatic carbocycles. The van der Waals surface area contributed by atoms with Crippen molar-refractivity contribution >= 4 is 11.5 Å². The van der Waals surface area contributed by atoms with Gasteiger partial charge in [0.1, 0.15) is 11.5 Å². The van der Waals surface area contributed by atoms with Gasteiger partial charge in [0.05, 0.1) is 30.3 Å². The number of hydrogen-bond acceptors (Lipinski definition) is 6. The summed E-state index contributed by atoms with van der Waals surface area (Å²) in [4.78, 5) is 20.1. The van der Waals surface area contributed by atoms with Gasteiger partial charge < -0.3 is 10.6 Å². The molecule has 3 aliphatic rings. The molecule has 1 spiro atoms. The Morgan fingerprint density at radius 1 is 1.10 bits per heavy atom. The summed E-state index contributed by atoms with van der Waals surface area (Å²) in [7, 11) is 0. The number of hydrogen-bond donors (Lipinski definition) is 1. The number of nitrogens with zero attached hydrogens (tertiary/aromatic N) is 5. The van der Waals surface area contributed by atoms with Crippen LogP contribution in [0.3, 0.4) is 0 Å². The first-order chi connectivity index (χ1) is 15.1. The van der Waals surface area contributed by atoms with E-state index in [9.17, 15) is 4.39 Å². The number of piperidine rings is 1. The fraction of sp³-hybridized carbons (Fsp3) is 0.333. The van der Waals surface area contributed by atoms with Gasteiger partial charge in [0.15, 0.2) is 5.82 Å². The second-order valence-corrected chi connectivity index (χ2v) is 8.75. The van der Waals surface area contributed by atoms with E-state index < -0.39 is 5.82 Å². The monoisotopic (exact) mass is 414 g/mol. The molecule has 2 aliphatic heterocycles. The highest BCUT2D eigenvalue weighted by atomic mass is 19.1. The number of aliphatic imine (C=N–C) groups is 1. The molecule has 2 aromatic heterocycles. The Morgan fingerprint density at radius 2 is 1.94 bits per heavy atom. The van der Waals surface area contributed by atoms with Crippen molar-refractivity contribution in [1.29, 1.82) is 0 Å². The summed E-state index contributed by atoms with van der Waals surface area (Å²) in [5.74, 6) is 0.472. The number of aromatic nitrogens is 3. The van der Waals surface area contributed by atoms with Crippen LogP contribution in [0.15, 0.2) is 53.9 Å². The van der Waals surface area contributed by atoms with E-state index in [1.165, 1.54) is 17.3 Å². The Balaban J connectivity index is 1.21. The van der Waals surface area contributed by atoms with Crippen LogP contribution in [0, 0.1) is 11.2 Å². The van der Waals surface area contributed by atoms with Crippen molar-refractivity contribution in [2.45, 2.75) is 31.8 Å². The number of pyridine rings is 1. The van der Waals surface area contributed by atoms with E-state index >= 15 is 0 Å². The topological polar surface area (TPSA) is 80.3 Å². The molecule has 1 saturated heterocycles. The van der Waals surface area contributed by atoms with Crippen molar-refractivity contribution in [3.8, 4) is 0 Å². The van der Waals surface area contributed by atoms with E-state index in [0.717, 1.165) is 43.9 Å². The third kappa shape index (κ3) is 2.87. The highest BCUT2D eigenvalue weighted by molar-refractivity contribution is 6.13. The molecule has 2 N–H and O–H groups in total. The minimum Gasteiger partial charge on any atom is -0.355 e. The maximum Gasteiger partial charge on any atom is 0.150 e. The van der Waals surface area contributed by atoms with Gasteiger partial charge in [0.2, 0.25) is 0 Å². The zero-order valence-corrected chi connectivity index (χ0v) is 17.1. The lowest BCUT2D eigenvalue weighted by atomic mass is 9.73. The van der Waals surface area contributed by atoms with Crippen LogP contribution in [-0.4, -0.2) is 33.8 Å². The number of nitrogens with two attached hydrogens (primary N) is 1. The fourth-order valence-corrected chi connectivity index (χ4v) is 5.37. The maximum atomic E-state index is 14.2. The molecule has 6 rings (SSSR count). The number of rotatable bonds is 2. The average Bonchev–Trinajstić information content (AvgIpc) is 3.34. The molecule has 7 heteroatoms. The third-order valence-electron chi connectivity index (χ3n) is 7.15. The van der Waals surface area contributed by atoms with E-state index in [1.807, 2.05) is 0 Å². The van der Waals surface area contributed by atoms with Crippen molar-refractivity contribution in [3.05, 3.63) is 82.8 Å². The van der Waals surface area contributed by atoms with Gasteiger partial charge in [0.25, 0.3) is 0 Å². The van der Waals surface area contributed by atoms with Gasteiger partial charge in [-0.05, 0) is 41.9 Å². The Morgan fingerprint density at radius 3 is 2.74 bits per heavy atom. The quantitative estimate of drug-likeness (QED) is 0.697. The number of fused-ring (bicyclic) bond motifs is 2. The number of halogens is 1. The summed E-state index contributed by atoms with van der Waals surface area (Å²) in [6, 6.07) is 10.3. The minimum absolute atomic E-state index is 0.100. The van der Waals surface area contributed by atoms with Crippen LogP contribution in [0.25, 0.3) is 0 Å². The lowest BCUT2D eigenvalue weighted by Gasteiger charge is -2.42. The molecule has 1 fully saturated rings. The minimum atomic E-state index is -0.393. The Hall–Kier alpha value is -3.19. The second kappa shape index (κ2) is 6.92. The van der Waals surface area contributed by atoms with Gasteiger partial charge >= 0.3 is 0 Å². The number of benzene rings is 1. The predicted molar refractivity (Wildman–Crippen MR) is 117 cm³/mol. The van der Waals surface area contributed by atoms with Crippen LogP contribution in [-0.2, 0) is 13.0 Å². The molecule has 1 aromatic carbocycles. The van der Waals surface area contributed by atoms with E-state index in [4.69, 9.17) is 10.7 Å². The molecule has 0 unspecified atom stereocenters. The standard InChI is InChI=1S/C24H23FN6/c25-18-12-27-8-5-17(18)21-22-19(13-28-21)30-20(14-29-22)31-9-6-24(7-10-31)11-15-3-1-2-4-16(15)23(24)26/h1-5,8,12,14,23H,6-7,9-11,13,26H2/t23-/m1/s1. The first kappa shape index (κ1) is 18.6. The molecule has 0 amide bonds. The summed E-state index contributed by atoms with van der Waals surface area (Å²) in [5.41, 5.74) is 12.0. The molecule has 156 valence electrons. The van der Waals surface area contributed by atoms with Gasteiger partial charge in [-0.15, -0.1) is 0 Å². The van der Waals surface area contributed by atoms with Crippen LogP contribution >= 0.6 is 0 Å². The van der Waals surface area contributed by atoms with Crippen molar-refractivity contribution < 1.29 is 4.39 Å². The third-order valence-corrected chi connectivity index (χ3v) is 7.15. The summed E-state index contributed by atoms with van der Waals surface area (Å²) in [6.07, 6.45) is 7.68. The average molecular weight is 414 g/mol. The fourth-order valence-electron chi connectivity index (χ4n) is 5.37. The van der Waals surface area contributed by atoms with Crippen LogP contribution in [0.1, 0.15) is 47.0 Å². The SMILES string of the molecule is N[C@@H]1c2ccccc2CC12CCN(c1cnc3c(n1)CN=C3c1ccncc1F)CC2. The van der Waals surface area contributed by atoms with Crippen LogP contribution in [0.5, 0.6) is 0 Å². The Kier molecular flexibility index (Phi) is 4.14. The highest BCUT2D eigenvalue weighted by Crippen LogP contribution is 2.50. The van der Waals surface area contributed by atoms with Gasteiger partial charge in [-0.2, -0.15) is 0 Å². The lowest BCUT2D eigenvalue weighted by molar-refractivity contribution is 0.187. The van der Waals surface area contributed by atoms with E-state index in [0.29, 0.717) is 23.5 Å². The first-order valence-corrected chi connectivity index (χ1v) is 10.7. The zero-order chi connectivity index (χ0) is 21.0. The Labute approximate surface area is 180 Å². The van der Waals surface area contributed by atoms with Gasteiger partial charge in [0, 0.05) is 30.9 Å². The van der Waals surface area contributed by atoms with Crippen LogP contribution < -0.4 is 10.6 Å². The molecule has 0 radical (unpaired) electrons. The molecule has 3 aromatic rings. The summed E-state index contributed by atoms with van der Waals surface area (Å²) >= 11 is 0. The van der Waals surface area contributed by atoms with Crippen molar-refractivity contribution in [3.63, 3.8) is 0 Å². The van der Waals surface area contributed by atoms with Crippen LogP contribution in [0.4, 0.5) is 10.2 Å². The first-order valence-electron chi connectivity index (χ1n) is 10.7. The van der Waals surface area contributed by atoms with E-state index in [1.54, 1.807) is 18.5 Å². The highest BCUT2D eigenvalue weighted by Gasteiger charge is 2.46. The molecule has 31 heavy (non-hydrogen) atoms. The summed E-state index contributed by atoms with van der Waals surface area (Å²) in [5, 5.41) is 0. The van der Waals surface area contributed by atoms with E-state index in [2.05, 4.69) is 44.1 Å².